The molecule has 1 atom stereocenters. The molecule has 1 aliphatic rings. The molecule has 3 nitrogen and oxygen atoms in total. The van der Waals surface area contributed by atoms with Gasteiger partial charge in [-0.3, -0.25) is 0 Å². The number of aromatic hydroxyl groups is 1. The smallest absolute Gasteiger partial charge is 0.126 e. The van der Waals surface area contributed by atoms with Crippen LogP contribution in [0.15, 0.2) is 18.2 Å². The minimum atomic E-state index is -0.218. The summed E-state index contributed by atoms with van der Waals surface area (Å²) < 4.78 is 11.2. The normalized spacial score (nSPS) is 23.0. The van der Waals surface area contributed by atoms with Crippen molar-refractivity contribution in [1.82, 2.24) is 0 Å². The Morgan fingerprint density at radius 3 is 2.87 bits per heavy atom. The first kappa shape index (κ1) is 10.3. The summed E-state index contributed by atoms with van der Waals surface area (Å²) in [5.74, 6) is 1.05. The van der Waals surface area contributed by atoms with Gasteiger partial charge in [0.15, 0.2) is 0 Å². The molecule has 0 amide bonds. The third kappa shape index (κ3) is 1.92. The molecule has 0 aliphatic carbocycles. The second kappa shape index (κ2) is 3.42. The van der Waals surface area contributed by atoms with Crippen molar-refractivity contribution < 1.29 is 14.6 Å². The zero-order chi connectivity index (χ0) is 11.1. The van der Waals surface area contributed by atoms with E-state index in [0.717, 1.165) is 17.7 Å². The lowest BCUT2D eigenvalue weighted by Crippen LogP contribution is -2.35. The number of hydrogen-bond acceptors (Lipinski definition) is 3. The van der Waals surface area contributed by atoms with Crippen molar-refractivity contribution in [1.29, 1.82) is 0 Å². The molecule has 0 fully saturated rings. The maximum Gasteiger partial charge on any atom is 0.126 e. The first-order chi connectivity index (χ1) is 7.02. The van der Waals surface area contributed by atoms with E-state index in [1.807, 2.05) is 13.8 Å². The predicted octanol–water partition coefficient (Wildman–Crippen LogP) is 2.64. The zero-order valence-electron chi connectivity index (χ0n) is 9.28. The van der Waals surface area contributed by atoms with Crippen LogP contribution in [0.2, 0.25) is 0 Å². The van der Waals surface area contributed by atoms with Gasteiger partial charge in [0.1, 0.15) is 17.1 Å². The van der Waals surface area contributed by atoms with Gasteiger partial charge in [0, 0.05) is 19.1 Å². The van der Waals surface area contributed by atoms with E-state index in [4.69, 9.17) is 9.47 Å². The summed E-state index contributed by atoms with van der Waals surface area (Å²) in [6, 6.07) is 5.13. The van der Waals surface area contributed by atoms with Crippen molar-refractivity contribution in [2.45, 2.75) is 32.0 Å². The number of rotatable bonds is 1. The highest BCUT2D eigenvalue weighted by atomic mass is 16.5. The van der Waals surface area contributed by atoms with Crippen LogP contribution < -0.4 is 4.74 Å². The van der Waals surface area contributed by atoms with E-state index in [9.17, 15) is 5.11 Å². The minimum Gasteiger partial charge on any atom is -0.508 e. The van der Waals surface area contributed by atoms with Gasteiger partial charge in [-0.1, -0.05) is 0 Å². The van der Waals surface area contributed by atoms with Gasteiger partial charge in [-0.2, -0.15) is 0 Å². The molecule has 1 N–H and O–H groups in total. The van der Waals surface area contributed by atoms with E-state index < -0.39 is 0 Å². The van der Waals surface area contributed by atoms with E-state index >= 15 is 0 Å². The fraction of sp³-hybridized carbons (Fsp3) is 0.500. The topological polar surface area (TPSA) is 38.7 Å². The van der Waals surface area contributed by atoms with Crippen molar-refractivity contribution in [3.05, 3.63) is 23.8 Å². The van der Waals surface area contributed by atoms with Crippen molar-refractivity contribution in [2.24, 2.45) is 0 Å². The van der Waals surface area contributed by atoms with Crippen LogP contribution >= 0.6 is 0 Å². The summed E-state index contributed by atoms with van der Waals surface area (Å²) in [5, 5.41) is 9.42. The van der Waals surface area contributed by atoms with E-state index in [0.29, 0.717) is 0 Å². The van der Waals surface area contributed by atoms with Gasteiger partial charge in [-0.25, -0.2) is 0 Å². The summed E-state index contributed by atoms with van der Waals surface area (Å²) in [5.41, 5.74) is 0.710. The molecule has 0 bridgehead atoms. The van der Waals surface area contributed by atoms with E-state index in [1.54, 1.807) is 25.3 Å². The quantitative estimate of drug-likeness (QED) is 0.771. The number of phenols is 1. The Labute approximate surface area is 89.6 Å². The van der Waals surface area contributed by atoms with Crippen LogP contribution in [0.5, 0.6) is 11.5 Å². The standard InChI is InChI=1S/C12H16O3/c1-12(2)7-11(14-3)9-6-8(13)4-5-10(9)15-12/h4-6,11,13H,7H2,1-3H3/t11-/m0/s1. The third-order valence-corrected chi connectivity index (χ3v) is 2.69. The highest BCUT2D eigenvalue weighted by molar-refractivity contribution is 5.43. The highest BCUT2D eigenvalue weighted by Gasteiger charge is 2.33. The molecule has 0 saturated heterocycles. The average Bonchev–Trinajstić information content (AvgIpc) is 2.16. The highest BCUT2D eigenvalue weighted by Crippen LogP contribution is 2.42. The lowest BCUT2D eigenvalue weighted by Gasteiger charge is -2.36. The SMILES string of the molecule is CO[C@H]1CC(C)(C)Oc2ccc(O)cc21. The van der Waals surface area contributed by atoms with Crippen LogP contribution in [0.4, 0.5) is 0 Å². The Hall–Kier alpha value is -1.22. The van der Waals surface area contributed by atoms with E-state index in [1.165, 1.54) is 0 Å². The first-order valence-electron chi connectivity index (χ1n) is 5.06. The number of benzene rings is 1. The molecule has 0 radical (unpaired) electrons. The van der Waals surface area contributed by atoms with Crippen molar-refractivity contribution in [2.75, 3.05) is 7.11 Å². The number of phenolic OH excluding ortho intramolecular Hbond substituents is 1. The predicted molar refractivity (Wildman–Crippen MR) is 57.2 cm³/mol. The number of methoxy groups -OCH3 is 1. The molecule has 2 rings (SSSR count). The summed E-state index contributed by atoms with van der Waals surface area (Å²) in [4.78, 5) is 0. The molecule has 1 aromatic rings. The largest absolute Gasteiger partial charge is 0.508 e. The van der Waals surface area contributed by atoms with Crippen molar-refractivity contribution >= 4 is 0 Å². The van der Waals surface area contributed by atoms with Crippen LogP contribution in [-0.2, 0) is 4.74 Å². The summed E-state index contributed by atoms with van der Waals surface area (Å²) in [6.07, 6.45) is 0.788. The first-order valence-corrected chi connectivity index (χ1v) is 5.06. The van der Waals surface area contributed by atoms with Crippen LogP contribution in [0, 0.1) is 0 Å². The second-order valence-corrected chi connectivity index (χ2v) is 4.51. The Bertz CT molecular complexity index is 371. The summed E-state index contributed by atoms with van der Waals surface area (Å²) in [7, 11) is 1.68. The second-order valence-electron chi connectivity index (χ2n) is 4.51. The zero-order valence-corrected chi connectivity index (χ0v) is 9.28. The summed E-state index contributed by atoms with van der Waals surface area (Å²) in [6.45, 7) is 4.07. The number of hydrogen-bond donors (Lipinski definition) is 1. The molecule has 82 valence electrons. The Morgan fingerprint density at radius 2 is 2.20 bits per heavy atom. The molecular weight excluding hydrogens is 192 g/mol. The maximum absolute atomic E-state index is 9.42. The number of fused-ring (bicyclic) bond motifs is 1. The molecule has 0 unspecified atom stereocenters. The van der Waals surface area contributed by atoms with Crippen LogP contribution in [0.1, 0.15) is 31.9 Å². The number of ether oxygens (including phenoxy) is 2. The molecular formula is C12H16O3. The van der Waals surface area contributed by atoms with Crippen LogP contribution in [0.25, 0.3) is 0 Å². The monoisotopic (exact) mass is 208 g/mol. The lowest BCUT2D eigenvalue weighted by atomic mass is 9.91. The molecule has 1 aliphatic heterocycles. The molecule has 0 spiro atoms. The maximum atomic E-state index is 9.42. The van der Waals surface area contributed by atoms with Gasteiger partial charge < -0.3 is 14.6 Å². The van der Waals surface area contributed by atoms with Gasteiger partial charge in [0.2, 0.25) is 0 Å². The Kier molecular flexibility index (Phi) is 2.35. The Morgan fingerprint density at radius 1 is 1.47 bits per heavy atom. The third-order valence-electron chi connectivity index (χ3n) is 2.69. The molecule has 1 heterocycles. The van der Waals surface area contributed by atoms with E-state index in [-0.39, 0.29) is 17.5 Å². The van der Waals surface area contributed by atoms with Crippen molar-refractivity contribution in [3.8, 4) is 11.5 Å². The van der Waals surface area contributed by atoms with Crippen LogP contribution in [-0.4, -0.2) is 17.8 Å². The van der Waals surface area contributed by atoms with E-state index in [2.05, 4.69) is 0 Å². The van der Waals surface area contributed by atoms with Gasteiger partial charge >= 0.3 is 0 Å². The molecule has 15 heavy (non-hydrogen) atoms. The van der Waals surface area contributed by atoms with Gasteiger partial charge in [0.25, 0.3) is 0 Å². The molecule has 1 aromatic carbocycles. The fourth-order valence-corrected chi connectivity index (χ4v) is 1.99. The Balaban J connectivity index is 2.44. The fourth-order valence-electron chi connectivity index (χ4n) is 1.99. The summed E-state index contributed by atoms with van der Waals surface area (Å²) >= 11 is 0. The average molecular weight is 208 g/mol. The molecule has 0 saturated carbocycles. The van der Waals surface area contributed by atoms with Gasteiger partial charge in [-0.15, -0.1) is 0 Å². The lowest BCUT2D eigenvalue weighted by molar-refractivity contribution is -0.0110. The van der Waals surface area contributed by atoms with Crippen LogP contribution in [0.3, 0.4) is 0 Å². The molecule has 3 heteroatoms. The van der Waals surface area contributed by atoms with Crippen molar-refractivity contribution in [3.63, 3.8) is 0 Å². The molecule has 0 aromatic heterocycles. The van der Waals surface area contributed by atoms with Gasteiger partial charge in [-0.05, 0) is 32.0 Å². The minimum absolute atomic E-state index is 0.00384. The van der Waals surface area contributed by atoms with Gasteiger partial charge in [0.05, 0.1) is 6.10 Å².